The van der Waals surface area contributed by atoms with Gasteiger partial charge in [-0.2, -0.15) is 0 Å². The quantitative estimate of drug-likeness (QED) is 0.434. The molecule has 0 rings (SSSR count). The van der Waals surface area contributed by atoms with Crippen LogP contribution < -0.4 is 0 Å². The molecule has 0 amide bonds. The van der Waals surface area contributed by atoms with Crippen LogP contribution in [0.4, 0.5) is 0 Å². The Bertz CT molecular complexity index is 150. The van der Waals surface area contributed by atoms with Crippen LogP contribution in [0.1, 0.15) is 26.2 Å². The second-order valence-electron chi connectivity index (χ2n) is 2.75. The van der Waals surface area contributed by atoms with Gasteiger partial charge >= 0.3 is 0 Å². The van der Waals surface area contributed by atoms with Crippen molar-refractivity contribution in [2.45, 2.75) is 26.2 Å². The van der Waals surface area contributed by atoms with E-state index >= 15 is 0 Å². The van der Waals surface area contributed by atoms with E-state index in [0.29, 0.717) is 11.6 Å². The molecule has 0 aliphatic carbocycles. The van der Waals surface area contributed by atoms with E-state index in [4.69, 9.17) is 10.8 Å². The van der Waals surface area contributed by atoms with Crippen molar-refractivity contribution in [1.82, 2.24) is 0 Å². The third-order valence-corrected chi connectivity index (χ3v) is 1.64. The standard InChI is InChI=1S/C9H16N2/c1-3-9(6-7-10)5-4-8(2)11/h3,7,9-11H,1,4-6H2,2H3. The van der Waals surface area contributed by atoms with Crippen molar-refractivity contribution in [1.29, 1.82) is 10.8 Å². The lowest BCUT2D eigenvalue weighted by molar-refractivity contribution is 0.635. The molecule has 0 fully saturated rings. The fourth-order valence-electron chi connectivity index (χ4n) is 0.885. The zero-order valence-electron chi connectivity index (χ0n) is 7.06. The Morgan fingerprint density at radius 1 is 1.64 bits per heavy atom. The molecule has 0 aliphatic rings. The summed E-state index contributed by atoms with van der Waals surface area (Å²) >= 11 is 0. The van der Waals surface area contributed by atoms with E-state index in [1.807, 2.05) is 13.0 Å². The van der Waals surface area contributed by atoms with Gasteiger partial charge < -0.3 is 10.8 Å². The predicted molar refractivity (Wildman–Crippen MR) is 49.7 cm³/mol. The van der Waals surface area contributed by atoms with Crippen LogP contribution in [-0.4, -0.2) is 11.9 Å². The van der Waals surface area contributed by atoms with Crippen molar-refractivity contribution in [3.05, 3.63) is 12.7 Å². The molecule has 2 N–H and O–H groups in total. The molecule has 2 heteroatoms. The molecule has 0 bridgehead atoms. The van der Waals surface area contributed by atoms with Gasteiger partial charge in [0.1, 0.15) is 0 Å². The first-order chi connectivity index (χ1) is 5.20. The summed E-state index contributed by atoms with van der Waals surface area (Å²) in [6.07, 6.45) is 5.81. The summed E-state index contributed by atoms with van der Waals surface area (Å²) in [5.74, 6) is 0.382. The van der Waals surface area contributed by atoms with Crippen LogP contribution in [0.5, 0.6) is 0 Å². The van der Waals surface area contributed by atoms with Gasteiger partial charge in [0.05, 0.1) is 0 Å². The Balaban J connectivity index is 3.59. The first kappa shape index (κ1) is 10.1. The topological polar surface area (TPSA) is 47.7 Å². The van der Waals surface area contributed by atoms with Gasteiger partial charge in [-0.25, -0.2) is 0 Å². The summed E-state index contributed by atoms with van der Waals surface area (Å²) < 4.78 is 0. The molecule has 2 nitrogen and oxygen atoms in total. The Hall–Kier alpha value is -0.920. The Kier molecular flexibility index (Phi) is 5.35. The highest BCUT2D eigenvalue weighted by atomic mass is 14.4. The van der Waals surface area contributed by atoms with E-state index in [1.54, 1.807) is 0 Å². The third kappa shape index (κ3) is 5.52. The van der Waals surface area contributed by atoms with Gasteiger partial charge in [0.2, 0.25) is 0 Å². The van der Waals surface area contributed by atoms with E-state index in [0.717, 1.165) is 19.3 Å². The van der Waals surface area contributed by atoms with Gasteiger partial charge in [0, 0.05) is 5.71 Å². The molecule has 0 aromatic carbocycles. The van der Waals surface area contributed by atoms with Crippen molar-refractivity contribution in [2.75, 3.05) is 0 Å². The van der Waals surface area contributed by atoms with Crippen molar-refractivity contribution in [3.8, 4) is 0 Å². The maximum absolute atomic E-state index is 7.20. The highest BCUT2D eigenvalue weighted by Gasteiger charge is 2.01. The van der Waals surface area contributed by atoms with Crippen molar-refractivity contribution < 1.29 is 0 Å². The molecule has 0 heterocycles. The molecule has 0 radical (unpaired) electrons. The zero-order valence-corrected chi connectivity index (χ0v) is 7.06. The minimum absolute atomic E-state index is 0.382. The van der Waals surface area contributed by atoms with E-state index in [1.165, 1.54) is 6.21 Å². The predicted octanol–water partition coefficient (Wildman–Crippen LogP) is 2.65. The van der Waals surface area contributed by atoms with Gasteiger partial charge in [-0.1, -0.05) is 6.08 Å². The average molecular weight is 152 g/mol. The molecule has 62 valence electrons. The van der Waals surface area contributed by atoms with Gasteiger partial charge in [-0.15, -0.1) is 6.58 Å². The molecule has 0 saturated carbocycles. The summed E-state index contributed by atoms with van der Waals surface area (Å²) in [7, 11) is 0. The minimum atomic E-state index is 0.382. The average Bonchev–Trinajstić information content (AvgIpc) is 1.97. The Morgan fingerprint density at radius 2 is 2.27 bits per heavy atom. The molecule has 0 saturated heterocycles. The maximum atomic E-state index is 7.20. The first-order valence-electron chi connectivity index (χ1n) is 3.86. The minimum Gasteiger partial charge on any atom is -0.313 e. The summed E-state index contributed by atoms with van der Waals surface area (Å²) in [5, 5.41) is 14.1. The lowest BCUT2D eigenvalue weighted by Crippen LogP contribution is -1.99. The normalized spacial score (nSPS) is 12.1. The third-order valence-electron chi connectivity index (χ3n) is 1.64. The summed E-state index contributed by atoms with van der Waals surface area (Å²) in [6.45, 7) is 5.49. The van der Waals surface area contributed by atoms with E-state index in [-0.39, 0.29) is 0 Å². The molecular weight excluding hydrogens is 136 g/mol. The van der Waals surface area contributed by atoms with Crippen LogP contribution in [0.2, 0.25) is 0 Å². The van der Waals surface area contributed by atoms with Gasteiger partial charge in [-0.05, 0) is 38.3 Å². The summed E-state index contributed by atoms with van der Waals surface area (Å²) in [6, 6.07) is 0. The Morgan fingerprint density at radius 3 is 2.64 bits per heavy atom. The van der Waals surface area contributed by atoms with Gasteiger partial charge in [0.15, 0.2) is 0 Å². The maximum Gasteiger partial charge on any atom is 0.00584 e. The smallest absolute Gasteiger partial charge is 0.00584 e. The molecule has 1 atom stereocenters. The van der Waals surface area contributed by atoms with Crippen molar-refractivity contribution >= 4 is 11.9 Å². The second kappa shape index (κ2) is 5.83. The Labute approximate surface area is 68.3 Å². The van der Waals surface area contributed by atoms with Crippen LogP contribution in [0.25, 0.3) is 0 Å². The molecule has 11 heavy (non-hydrogen) atoms. The molecule has 1 unspecified atom stereocenters. The lowest BCUT2D eigenvalue weighted by Gasteiger charge is -2.07. The molecular formula is C9H16N2. The fraction of sp³-hybridized carbons (Fsp3) is 0.556. The van der Waals surface area contributed by atoms with Gasteiger partial charge in [0.25, 0.3) is 0 Å². The van der Waals surface area contributed by atoms with Crippen molar-refractivity contribution in [2.24, 2.45) is 5.92 Å². The number of hydrogen-bond donors (Lipinski definition) is 2. The van der Waals surface area contributed by atoms with E-state index in [9.17, 15) is 0 Å². The van der Waals surface area contributed by atoms with Crippen LogP contribution >= 0.6 is 0 Å². The summed E-state index contributed by atoms with van der Waals surface area (Å²) in [4.78, 5) is 0. The van der Waals surface area contributed by atoms with Crippen LogP contribution in [-0.2, 0) is 0 Å². The second-order valence-corrected chi connectivity index (χ2v) is 2.75. The highest BCUT2D eigenvalue weighted by Crippen LogP contribution is 2.10. The van der Waals surface area contributed by atoms with Crippen LogP contribution in [0.15, 0.2) is 12.7 Å². The number of hydrogen-bond acceptors (Lipinski definition) is 2. The monoisotopic (exact) mass is 152 g/mol. The molecule has 0 spiro atoms. The SMILES string of the molecule is C=CC(CC=N)CCC(C)=N. The largest absolute Gasteiger partial charge is 0.313 e. The fourth-order valence-corrected chi connectivity index (χ4v) is 0.885. The first-order valence-corrected chi connectivity index (χ1v) is 3.86. The van der Waals surface area contributed by atoms with E-state index in [2.05, 4.69) is 6.58 Å². The summed E-state index contributed by atoms with van der Waals surface area (Å²) in [5.41, 5.74) is 0.710. The molecule has 0 aliphatic heterocycles. The van der Waals surface area contributed by atoms with Crippen LogP contribution in [0, 0.1) is 16.7 Å². The number of rotatable bonds is 6. The van der Waals surface area contributed by atoms with Gasteiger partial charge in [-0.3, -0.25) is 0 Å². The number of allylic oxidation sites excluding steroid dienone is 1. The molecule has 0 aromatic heterocycles. The lowest BCUT2D eigenvalue weighted by atomic mass is 9.99. The van der Waals surface area contributed by atoms with E-state index < -0.39 is 0 Å². The zero-order chi connectivity index (χ0) is 8.69. The highest BCUT2D eigenvalue weighted by molar-refractivity contribution is 5.78. The van der Waals surface area contributed by atoms with Crippen molar-refractivity contribution in [3.63, 3.8) is 0 Å². The molecule has 0 aromatic rings. The number of nitrogens with one attached hydrogen (secondary N) is 2. The van der Waals surface area contributed by atoms with Crippen LogP contribution in [0.3, 0.4) is 0 Å².